The summed E-state index contributed by atoms with van der Waals surface area (Å²) in [5.41, 5.74) is 1.71. The zero-order valence-electron chi connectivity index (χ0n) is 17.2. The largest absolute Gasteiger partial charge is 0.349 e. The number of aromatic nitrogens is 3. The van der Waals surface area contributed by atoms with Crippen molar-refractivity contribution in [3.8, 4) is 11.4 Å². The van der Waals surface area contributed by atoms with Gasteiger partial charge in [0, 0.05) is 11.6 Å². The molecule has 1 saturated carbocycles. The van der Waals surface area contributed by atoms with Crippen LogP contribution in [0.3, 0.4) is 0 Å². The predicted octanol–water partition coefficient (Wildman–Crippen LogP) is 5.82. The number of hydrogen-bond donors (Lipinski definition) is 1. The third-order valence-electron chi connectivity index (χ3n) is 5.55. The number of rotatable bonds is 7. The van der Waals surface area contributed by atoms with Gasteiger partial charge in [0.1, 0.15) is 5.82 Å². The van der Waals surface area contributed by atoms with Crippen molar-refractivity contribution in [3.63, 3.8) is 0 Å². The van der Waals surface area contributed by atoms with E-state index in [0.29, 0.717) is 11.1 Å². The lowest BCUT2D eigenvalue weighted by Crippen LogP contribution is -2.28. The fourth-order valence-corrected chi connectivity index (χ4v) is 4.98. The molecular formula is C23H24ClFN4OS. The van der Waals surface area contributed by atoms with E-state index in [1.165, 1.54) is 36.7 Å². The fourth-order valence-electron chi connectivity index (χ4n) is 3.94. The highest BCUT2D eigenvalue weighted by molar-refractivity contribution is 7.99. The minimum Gasteiger partial charge on any atom is -0.349 e. The number of carbonyl (C=O) groups excluding carboxylic acids is 1. The monoisotopic (exact) mass is 458 g/mol. The molecule has 1 aliphatic carbocycles. The summed E-state index contributed by atoms with van der Waals surface area (Å²) in [6, 6.07) is 13.9. The first kappa shape index (κ1) is 21.8. The first-order chi connectivity index (χ1) is 15.0. The van der Waals surface area contributed by atoms with E-state index in [0.717, 1.165) is 34.9 Å². The predicted molar refractivity (Wildman–Crippen MR) is 122 cm³/mol. The smallest absolute Gasteiger partial charge is 0.230 e. The highest BCUT2D eigenvalue weighted by Gasteiger charge is 2.26. The molecular weight excluding hydrogens is 435 g/mol. The van der Waals surface area contributed by atoms with Crippen LogP contribution in [0.5, 0.6) is 0 Å². The molecule has 1 aliphatic rings. The van der Waals surface area contributed by atoms with Gasteiger partial charge in [-0.25, -0.2) is 4.39 Å². The second-order valence-electron chi connectivity index (χ2n) is 7.72. The summed E-state index contributed by atoms with van der Waals surface area (Å²) in [6.07, 6.45) is 4.48. The zero-order valence-corrected chi connectivity index (χ0v) is 18.8. The lowest BCUT2D eigenvalue weighted by atomic mass is 10.1. The van der Waals surface area contributed by atoms with Crippen LogP contribution in [0.4, 0.5) is 4.39 Å². The molecule has 0 spiro atoms. The molecule has 1 aromatic heterocycles. The minimum absolute atomic E-state index is 0.109. The Labute approximate surface area is 190 Å². The van der Waals surface area contributed by atoms with E-state index in [1.54, 1.807) is 12.1 Å². The van der Waals surface area contributed by atoms with Crippen LogP contribution in [-0.2, 0) is 4.79 Å². The Morgan fingerprint density at radius 1 is 1.19 bits per heavy atom. The molecule has 1 fully saturated rings. The van der Waals surface area contributed by atoms with Crippen molar-refractivity contribution in [3.05, 3.63) is 64.9 Å². The molecule has 0 saturated heterocycles. The van der Waals surface area contributed by atoms with Gasteiger partial charge in [0.25, 0.3) is 0 Å². The third kappa shape index (κ3) is 5.10. The zero-order chi connectivity index (χ0) is 21.8. The van der Waals surface area contributed by atoms with Crippen LogP contribution in [0, 0.1) is 5.82 Å². The van der Waals surface area contributed by atoms with E-state index in [2.05, 4.69) is 20.1 Å². The van der Waals surface area contributed by atoms with Crippen molar-refractivity contribution in [2.45, 2.75) is 49.8 Å². The lowest BCUT2D eigenvalue weighted by molar-refractivity contribution is -0.119. The summed E-state index contributed by atoms with van der Waals surface area (Å²) < 4.78 is 15.3. The Morgan fingerprint density at radius 3 is 2.61 bits per heavy atom. The Bertz CT molecular complexity index is 1050. The minimum atomic E-state index is -0.293. The summed E-state index contributed by atoms with van der Waals surface area (Å²) in [6.45, 7) is 1.88. The van der Waals surface area contributed by atoms with Gasteiger partial charge in [-0.1, -0.05) is 60.5 Å². The standard InChI is InChI=1S/C23H24ClFN4OS/c1-15(16-10-12-17(25)13-11-16)26-21(30)14-31-23-28-27-22(19-8-4-5-9-20(19)24)29(23)18-6-2-3-7-18/h4-5,8-13,15,18H,2-3,6-7,14H2,1H3,(H,26,30). The van der Waals surface area contributed by atoms with E-state index in [4.69, 9.17) is 11.6 Å². The molecule has 1 atom stereocenters. The van der Waals surface area contributed by atoms with Crippen molar-refractivity contribution in [2.24, 2.45) is 0 Å². The molecule has 0 bridgehead atoms. The van der Waals surface area contributed by atoms with Crippen molar-refractivity contribution < 1.29 is 9.18 Å². The van der Waals surface area contributed by atoms with Crippen LogP contribution >= 0.6 is 23.4 Å². The van der Waals surface area contributed by atoms with Gasteiger partial charge >= 0.3 is 0 Å². The molecule has 1 heterocycles. The van der Waals surface area contributed by atoms with Crippen LogP contribution in [-0.4, -0.2) is 26.4 Å². The maximum Gasteiger partial charge on any atom is 0.230 e. The maximum atomic E-state index is 13.1. The molecule has 4 rings (SSSR count). The SMILES string of the molecule is CC(NC(=O)CSc1nnc(-c2ccccc2Cl)n1C1CCCC1)c1ccc(F)cc1. The topological polar surface area (TPSA) is 59.8 Å². The summed E-state index contributed by atoms with van der Waals surface area (Å²) in [5, 5.41) is 13.1. The Balaban J connectivity index is 1.48. The summed E-state index contributed by atoms with van der Waals surface area (Å²) in [4.78, 5) is 12.5. The molecule has 2 aromatic carbocycles. The Kier molecular flexibility index (Phi) is 6.92. The molecule has 162 valence electrons. The van der Waals surface area contributed by atoms with Crippen molar-refractivity contribution in [2.75, 3.05) is 5.75 Å². The second kappa shape index (κ2) is 9.83. The van der Waals surface area contributed by atoms with Crippen LogP contribution < -0.4 is 5.32 Å². The molecule has 1 amide bonds. The van der Waals surface area contributed by atoms with E-state index in [1.807, 2.05) is 31.2 Å². The highest BCUT2D eigenvalue weighted by Crippen LogP contribution is 2.38. The molecule has 5 nitrogen and oxygen atoms in total. The molecule has 0 radical (unpaired) electrons. The normalized spacial score (nSPS) is 15.2. The number of amides is 1. The summed E-state index contributed by atoms with van der Waals surface area (Å²) in [5.74, 6) is 0.569. The van der Waals surface area contributed by atoms with Gasteiger partial charge in [-0.15, -0.1) is 10.2 Å². The Hall–Kier alpha value is -2.38. The van der Waals surface area contributed by atoms with Crippen LogP contribution in [0.1, 0.15) is 50.3 Å². The molecule has 1 unspecified atom stereocenters. The first-order valence-corrected chi connectivity index (χ1v) is 11.8. The highest BCUT2D eigenvalue weighted by atomic mass is 35.5. The number of halogens is 2. The average molecular weight is 459 g/mol. The van der Waals surface area contributed by atoms with Crippen LogP contribution in [0.2, 0.25) is 5.02 Å². The Morgan fingerprint density at radius 2 is 1.90 bits per heavy atom. The van der Waals surface area contributed by atoms with Gasteiger partial charge in [0.2, 0.25) is 5.91 Å². The molecule has 3 aromatic rings. The third-order valence-corrected chi connectivity index (χ3v) is 6.82. The molecule has 31 heavy (non-hydrogen) atoms. The number of nitrogens with zero attached hydrogens (tertiary/aromatic N) is 3. The van der Waals surface area contributed by atoms with Gasteiger partial charge in [-0.05, 0) is 49.6 Å². The van der Waals surface area contributed by atoms with E-state index in [9.17, 15) is 9.18 Å². The van der Waals surface area contributed by atoms with Gasteiger partial charge in [-0.3, -0.25) is 9.36 Å². The maximum absolute atomic E-state index is 13.1. The van der Waals surface area contributed by atoms with E-state index in [-0.39, 0.29) is 23.5 Å². The second-order valence-corrected chi connectivity index (χ2v) is 9.07. The van der Waals surface area contributed by atoms with E-state index >= 15 is 0 Å². The summed E-state index contributed by atoms with van der Waals surface area (Å²) >= 11 is 7.80. The lowest BCUT2D eigenvalue weighted by Gasteiger charge is -2.18. The van der Waals surface area contributed by atoms with Crippen molar-refractivity contribution in [1.29, 1.82) is 0 Å². The molecule has 8 heteroatoms. The number of nitrogens with one attached hydrogen (secondary N) is 1. The number of hydrogen-bond acceptors (Lipinski definition) is 4. The molecule has 0 aliphatic heterocycles. The van der Waals surface area contributed by atoms with Crippen molar-refractivity contribution >= 4 is 29.3 Å². The van der Waals surface area contributed by atoms with Gasteiger partial charge in [-0.2, -0.15) is 0 Å². The number of thioether (sulfide) groups is 1. The summed E-state index contributed by atoms with van der Waals surface area (Å²) in [7, 11) is 0. The van der Waals surface area contributed by atoms with Gasteiger partial charge in [0.15, 0.2) is 11.0 Å². The molecule has 1 N–H and O–H groups in total. The quantitative estimate of drug-likeness (QED) is 0.453. The van der Waals surface area contributed by atoms with Gasteiger partial charge in [0.05, 0.1) is 16.8 Å². The van der Waals surface area contributed by atoms with Crippen LogP contribution in [0.25, 0.3) is 11.4 Å². The number of carbonyl (C=O) groups is 1. The first-order valence-electron chi connectivity index (χ1n) is 10.4. The van der Waals surface area contributed by atoms with Gasteiger partial charge < -0.3 is 5.32 Å². The van der Waals surface area contributed by atoms with Crippen molar-refractivity contribution in [1.82, 2.24) is 20.1 Å². The number of benzene rings is 2. The van der Waals surface area contributed by atoms with E-state index < -0.39 is 0 Å². The average Bonchev–Trinajstić information content (AvgIpc) is 3.42. The fraction of sp³-hybridized carbons (Fsp3) is 0.348. The van der Waals surface area contributed by atoms with Crippen LogP contribution in [0.15, 0.2) is 53.7 Å².